The van der Waals surface area contributed by atoms with Crippen molar-refractivity contribution in [3.05, 3.63) is 92.7 Å². The Morgan fingerprint density at radius 2 is 1.47 bits per heavy atom. The van der Waals surface area contributed by atoms with Gasteiger partial charge in [-0.2, -0.15) is 0 Å². The lowest BCUT2D eigenvalue weighted by atomic mass is 9.52. The lowest BCUT2D eigenvalue weighted by Crippen LogP contribution is -2.60. The van der Waals surface area contributed by atoms with Crippen molar-refractivity contribution in [2.24, 2.45) is 10.8 Å². The molecule has 11 rings (SSSR count). The topological polar surface area (TPSA) is 240 Å². The molecule has 0 aromatic heterocycles. The van der Waals surface area contributed by atoms with Crippen LogP contribution in [0.15, 0.2) is 54.6 Å². The van der Waals surface area contributed by atoms with Crippen LogP contribution < -0.4 is 36.6 Å². The van der Waals surface area contributed by atoms with Crippen LogP contribution in [0, 0.1) is 16.6 Å². The molecule has 8 amide bonds. The van der Waals surface area contributed by atoms with Crippen molar-refractivity contribution >= 4 is 76.1 Å². The number of imide groups is 2. The van der Waals surface area contributed by atoms with Gasteiger partial charge in [0.15, 0.2) is 6.61 Å². The van der Waals surface area contributed by atoms with Gasteiger partial charge in [-0.15, -0.1) is 0 Å². The van der Waals surface area contributed by atoms with Crippen LogP contribution in [-0.2, 0) is 43.7 Å². The van der Waals surface area contributed by atoms with Crippen molar-refractivity contribution in [2.75, 3.05) is 58.0 Å². The third kappa shape index (κ3) is 9.64. The van der Waals surface area contributed by atoms with Gasteiger partial charge in [-0.1, -0.05) is 66.7 Å². The number of ether oxygens (including phenoxy) is 3. The summed E-state index contributed by atoms with van der Waals surface area (Å²) >= 11 is 12.8. The molecule has 4 aliphatic heterocycles. The van der Waals surface area contributed by atoms with Gasteiger partial charge in [0.25, 0.3) is 17.7 Å². The van der Waals surface area contributed by atoms with E-state index in [1.165, 1.54) is 24.3 Å². The van der Waals surface area contributed by atoms with E-state index in [0.29, 0.717) is 48.8 Å². The Hall–Kier alpha value is -5.99. The molecule has 3 aromatic carbocycles. The average Bonchev–Trinajstić information content (AvgIpc) is 4.21. The van der Waals surface area contributed by atoms with Crippen molar-refractivity contribution in [1.29, 1.82) is 0 Å². The van der Waals surface area contributed by atoms with E-state index in [-0.39, 0.29) is 89.8 Å². The second-order valence-corrected chi connectivity index (χ2v) is 22.2. The van der Waals surface area contributed by atoms with E-state index >= 15 is 4.39 Å². The van der Waals surface area contributed by atoms with Gasteiger partial charge in [0.2, 0.25) is 29.5 Å². The summed E-state index contributed by atoms with van der Waals surface area (Å²) in [7, 11) is 0. The van der Waals surface area contributed by atoms with E-state index in [2.05, 4.69) is 31.9 Å². The SMILES string of the molecule is O=C(COc1cccc2c1C(=O)N(C1CCC(=O)NC1=O)C2=O)NCCOCCOCCNC(=O)C12CCC(CCNC(=O)[C@@H]3NC4(CCCCC4)[C@@]4(C(=O)Nc5cc(Cl)ccc54)[C@H]3c3cccc(Cl)c3F)(CC1)CC2. The van der Waals surface area contributed by atoms with Crippen molar-refractivity contribution in [3.8, 4) is 5.75 Å². The minimum absolute atomic E-state index is 0.00815. The zero-order valence-electron chi connectivity index (χ0n) is 42.1. The Morgan fingerprint density at radius 3 is 2.20 bits per heavy atom. The minimum Gasteiger partial charge on any atom is -0.483 e. The molecular weight excluding hydrogens is 1020 g/mol. The Labute approximate surface area is 448 Å². The molecule has 0 radical (unpaired) electrons. The highest BCUT2D eigenvalue weighted by atomic mass is 35.5. The zero-order chi connectivity index (χ0) is 53.4. The third-order valence-corrected chi connectivity index (χ3v) is 17.9. The van der Waals surface area contributed by atoms with Crippen molar-refractivity contribution in [3.63, 3.8) is 0 Å². The summed E-state index contributed by atoms with van der Waals surface area (Å²) in [5.74, 6) is -5.18. The van der Waals surface area contributed by atoms with Crippen LogP contribution in [0.2, 0.25) is 10.0 Å². The van der Waals surface area contributed by atoms with Gasteiger partial charge >= 0.3 is 0 Å². The number of carbonyl (C=O) groups excluding carboxylic acids is 8. The smallest absolute Gasteiger partial charge is 0.266 e. The second-order valence-electron chi connectivity index (χ2n) is 21.4. The molecule has 4 heterocycles. The first-order chi connectivity index (χ1) is 36.6. The summed E-state index contributed by atoms with van der Waals surface area (Å²) in [6, 6.07) is 12.4. The van der Waals surface area contributed by atoms with E-state index in [1.54, 1.807) is 24.3 Å². The van der Waals surface area contributed by atoms with E-state index in [1.807, 2.05) is 6.07 Å². The number of amides is 8. The molecular formula is C55H62Cl2FN7O11. The van der Waals surface area contributed by atoms with Crippen LogP contribution in [-0.4, -0.2) is 122 Å². The van der Waals surface area contributed by atoms with Gasteiger partial charge in [0.05, 0.1) is 48.6 Å². The molecule has 3 aromatic rings. The molecule has 76 heavy (non-hydrogen) atoms. The molecule has 6 fully saturated rings. The van der Waals surface area contributed by atoms with Crippen LogP contribution in [0.25, 0.3) is 0 Å². The Morgan fingerprint density at radius 1 is 0.763 bits per heavy atom. The molecule has 1 unspecified atom stereocenters. The molecule has 404 valence electrons. The standard InChI is InChI=1S/C55H62Cl2FN7O11/c56-32-10-11-35-37(30-32)62-51(73)55(35)43(34-7-4-8-36(57)44(34)58)45(64-54(55)14-2-1-3-15-54)47(69)60-23-22-52-16-19-53(20-17-52,21-18-52)50(72)61-25-27-75-29-28-74-26-24-59-41(67)31-76-39-9-5-6-33-42(39)49(71)65(48(33)70)38-12-13-40(66)63-46(38)68/h4-11,30,38,43,45,64H,1-3,12-29,31H2,(H,59,67)(H,60,69)(H,61,72)(H,62,73)(H,63,66,68)/t38?,43-,45+,52?,53?,55+/m0/s1. The molecule has 2 spiro atoms. The van der Waals surface area contributed by atoms with Gasteiger partial charge in [0.1, 0.15) is 23.0 Å². The fraction of sp³-hybridized carbons (Fsp3) is 0.527. The average molecular weight is 1090 g/mol. The number of hydrogen-bond acceptors (Lipinski definition) is 12. The van der Waals surface area contributed by atoms with E-state index < -0.39 is 76.3 Å². The number of piperidine rings is 1. The maximum atomic E-state index is 16.3. The highest BCUT2D eigenvalue weighted by Gasteiger charge is 2.72. The van der Waals surface area contributed by atoms with Crippen LogP contribution in [0.5, 0.6) is 5.75 Å². The van der Waals surface area contributed by atoms with Crippen molar-refractivity contribution in [2.45, 2.75) is 119 Å². The number of nitrogens with zero attached hydrogens (tertiary/aromatic N) is 1. The van der Waals surface area contributed by atoms with Gasteiger partial charge in [-0.25, -0.2) is 4.39 Å². The van der Waals surface area contributed by atoms with Crippen LogP contribution in [0.3, 0.4) is 0 Å². The van der Waals surface area contributed by atoms with Crippen LogP contribution >= 0.6 is 23.2 Å². The van der Waals surface area contributed by atoms with Crippen LogP contribution in [0.1, 0.15) is 128 Å². The molecule has 6 N–H and O–H groups in total. The maximum absolute atomic E-state index is 16.3. The van der Waals surface area contributed by atoms with Gasteiger partial charge in [0, 0.05) is 53.6 Å². The number of anilines is 1. The first-order valence-corrected chi connectivity index (χ1v) is 27.2. The Kier molecular flexibility index (Phi) is 15.3. The summed E-state index contributed by atoms with van der Waals surface area (Å²) in [6.07, 6.45) is 9.48. The Balaban J connectivity index is 0.636. The number of carbonyl (C=O) groups is 8. The van der Waals surface area contributed by atoms with Crippen molar-refractivity contribution < 1.29 is 57.0 Å². The summed E-state index contributed by atoms with van der Waals surface area (Å²) in [6.45, 7) is 1.47. The lowest BCUT2D eigenvalue weighted by Gasteiger charge is -2.52. The van der Waals surface area contributed by atoms with E-state index in [9.17, 15) is 38.4 Å². The number of nitrogens with one attached hydrogen (secondary N) is 6. The van der Waals surface area contributed by atoms with E-state index in [4.69, 9.17) is 37.4 Å². The minimum atomic E-state index is -1.31. The van der Waals surface area contributed by atoms with Gasteiger partial charge in [-0.05, 0) is 111 Å². The number of benzene rings is 3. The summed E-state index contributed by atoms with van der Waals surface area (Å²) in [5.41, 5.74) is -1.13. The van der Waals surface area contributed by atoms with Crippen LogP contribution in [0.4, 0.5) is 10.1 Å². The molecule has 21 heteroatoms. The molecule has 4 atom stereocenters. The molecule has 2 saturated heterocycles. The number of rotatable bonds is 19. The number of hydrogen-bond donors (Lipinski definition) is 6. The third-order valence-electron chi connectivity index (χ3n) is 17.4. The van der Waals surface area contributed by atoms with Gasteiger partial charge in [-0.3, -0.25) is 53.9 Å². The fourth-order valence-corrected chi connectivity index (χ4v) is 13.9. The van der Waals surface area contributed by atoms with Gasteiger partial charge < -0.3 is 35.5 Å². The van der Waals surface area contributed by atoms with E-state index in [0.717, 1.165) is 69.1 Å². The Bertz CT molecular complexity index is 2840. The first kappa shape index (κ1) is 53.4. The normalized spacial score (nSPS) is 27.1. The molecule has 2 bridgehead atoms. The lowest BCUT2D eigenvalue weighted by molar-refractivity contribution is -0.141. The number of fused-ring (bicyclic) bond motifs is 7. The molecule has 4 saturated carbocycles. The predicted octanol–water partition coefficient (Wildman–Crippen LogP) is 5.37. The quantitative estimate of drug-likeness (QED) is 0.0656. The largest absolute Gasteiger partial charge is 0.483 e. The fourth-order valence-electron chi connectivity index (χ4n) is 13.6. The summed E-state index contributed by atoms with van der Waals surface area (Å²) < 4.78 is 33.2. The highest BCUT2D eigenvalue weighted by molar-refractivity contribution is 6.31. The predicted molar refractivity (Wildman–Crippen MR) is 275 cm³/mol. The first-order valence-electron chi connectivity index (χ1n) is 26.4. The monoisotopic (exact) mass is 1090 g/mol. The molecule has 8 aliphatic rings. The summed E-state index contributed by atoms with van der Waals surface area (Å²) in [4.78, 5) is 107. The summed E-state index contributed by atoms with van der Waals surface area (Å²) in [5, 5.41) is 18.3. The highest BCUT2D eigenvalue weighted by Crippen LogP contribution is 2.63. The second kappa shape index (κ2) is 21.8. The zero-order valence-corrected chi connectivity index (χ0v) is 43.6. The van der Waals surface area contributed by atoms with Crippen molar-refractivity contribution in [1.82, 2.24) is 31.5 Å². The molecule has 18 nitrogen and oxygen atoms in total. The number of halogens is 3. The maximum Gasteiger partial charge on any atom is 0.266 e. The molecule has 4 aliphatic carbocycles.